The highest BCUT2D eigenvalue weighted by Crippen LogP contribution is 2.20. The van der Waals surface area contributed by atoms with E-state index in [2.05, 4.69) is 0 Å². The summed E-state index contributed by atoms with van der Waals surface area (Å²) in [6, 6.07) is 14.6. The van der Waals surface area contributed by atoms with Crippen molar-refractivity contribution in [3.8, 4) is 0 Å². The summed E-state index contributed by atoms with van der Waals surface area (Å²) in [6.07, 6.45) is 2.66. The van der Waals surface area contributed by atoms with Crippen molar-refractivity contribution >= 4 is 27.7 Å². The number of thioether (sulfide) groups is 1. The van der Waals surface area contributed by atoms with Gasteiger partial charge in [-0.15, -0.1) is 0 Å². The van der Waals surface area contributed by atoms with Gasteiger partial charge in [0.1, 0.15) is 0 Å². The normalized spacial score (nSPS) is 16.0. The number of aryl methyl sites for hydroxylation is 1. The van der Waals surface area contributed by atoms with Crippen molar-refractivity contribution in [2.45, 2.75) is 24.0 Å². The molecule has 0 aliphatic carbocycles. The average Bonchev–Trinajstić information content (AvgIpc) is 2.95. The van der Waals surface area contributed by atoms with Crippen LogP contribution in [-0.2, 0) is 15.8 Å². The molecule has 0 aromatic heterocycles. The molecule has 1 saturated heterocycles. The van der Waals surface area contributed by atoms with Crippen LogP contribution in [0, 0.1) is 6.92 Å². The minimum absolute atomic E-state index is 0.0301. The molecule has 1 aliphatic heterocycles. The first-order valence-electron chi connectivity index (χ1n) is 9.36. The van der Waals surface area contributed by atoms with Gasteiger partial charge in [-0.3, -0.25) is 4.79 Å². The second-order valence-corrected chi connectivity index (χ2v) is 9.80. The van der Waals surface area contributed by atoms with E-state index >= 15 is 0 Å². The van der Waals surface area contributed by atoms with Crippen LogP contribution < -0.4 is 0 Å². The molecule has 0 unspecified atom stereocenters. The number of sulfonamides is 1. The highest BCUT2D eigenvalue weighted by Gasteiger charge is 2.28. The van der Waals surface area contributed by atoms with Gasteiger partial charge in [0.2, 0.25) is 10.0 Å². The lowest BCUT2D eigenvalue weighted by Gasteiger charge is -2.22. The Morgan fingerprint density at radius 3 is 2.50 bits per heavy atom. The molecule has 150 valence electrons. The molecule has 7 heteroatoms. The van der Waals surface area contributed by atoms with Crippen LogP contribution in [0.25, 0.3) is 0 Å². The molecule has 0 bridgehead atoms. The summed E-state index contributed by atoms with van der Waals surface area (Å²) < 4.78 is 27.4. The van der Waals surface area contributed by atoms with Crippen molar-refractivity contribution in [1.82, 2.24) is 9.21 Å². The summed E-state index contributed by atoms with van der Waals surface area (Å²) in [5, 5.41) is 0. The maximum atomic E-state index is 12.9. The average molecular weight is 419 g/mol. The number of benzene rings is 2. The molecular formula is C21H26N2O3S2. The predicted molar refractivity (Wildman–Crippen MR) is 114 cm³/mol. The van der Waals surface area contributed by atoms with Crippen molar-refractivity contribution in [3.63, 3.8) is 0 Å². The zero-order chi connectivity index (χ0) is 20.1. The first kappa shape index (κ1) is 20.9. The second kappa shape index (κ2) is 9.11. The SMILES string of the molecule is CSCc1cccc(C(=O)N2CCCN(S(=O)(=O)c3ccc(C)cc3)CC2)c1. The third-order valence-electron chi connectivity index (χ3n) is 4.89. The maximum Gasteiger partial charge on any atom is 0.253 e. The monoisotopic (exact) mass is 418 g/mol. The molecule has 1 heterocycles. The van der Waals surface area contributed by atoms with Crippen molar-refractivity contribution in [3.05, 3.63) is 65.2 Å². The minimum Gasteiger partial charge on any atom is -0.337 e. The molecule has 2 aromatic rings. The quantitative estimate of drug-likeness (QED) is 0.747. The van der Waals surface area contributed by atoms with Gasteiger partial charge in [0.05, 0.1) is 4.90 Å². The number of rotatable bonds is 5. The maximum absolute atomic E-state index is 12.9. The van der Waals surface area contributed by atoms with E-state index in [0.29, 0.717) is 43.1 Å². The zero-order valence-electron chi connectivity index (χ0n) is 16.3. The van der Waals surface area contributed by atoms with E-state index < -0.39 is 10.0 Å². The van der Waals surface area contributed by atoms with Gasteiger partial charge in [-0.05, 0) is 49.4 Å². The van der Waals surface area contributed by atoms with E-state index in [0.717, 1.165) is 16.9 Å². The number of carbonyl (C=O) groups is 1. The van der Waals surface area contributed by atoms with E-state index in [-0.39, 0.29) is 5.91 Å². The van der Waals surface area contributed by atoms with Crippen molar-refractivity contribution in [1.29, 1.82) is 0 Å². The van der Waals surface area contributed by atoms with Crippen LogP contribution in [0.1, 0.15) is 27.9 Å². The summed E-state index contributed by atoms with van der Waals surface area (Å²) in [7, 11) is -3.54. The van der Waals surface area contributed by atoms with E-state index in [1.807, 2.05) is 49.6 Å². The molecular weight excluding hydrogens is 392 g/mol. The fourth-order valence-electron chi connectivity index (χ4n) is 3.34. The smallest absolute Gasteiger partial charge is 0.253 e. The molecule has 0 atom stereocenters. The largest absolute Gasteiger partial charge is 0.337 e. The van der Waals surface area contributed by atoms with Gasteiger partial charge in [-0.1, -0.05) is 29.8 Å². The van der Waals surface area contributed by atoms with Crippen molar-refractivity contribution < 1.29 is 13.2 Å². The summed E-state index contributed by atoms with van der Waals surface area (Å²) in [5.41, 5.74) is 2.81. The lowest BCUT2D eigenvalue weighted by molar-refractivity contribution is 0.0764. The highest BCUT2D eigenvalue weighted by molar-refractivity contribution is 7.97. The molecule has 1 aliphatic rings. The van der Waals surface area contributed by atoms with Crippen LogP contribution in [0.3, 0.4) is 0 Å². The zero-order valence-corrected chi connectivity index (χ0v) is 17.9. The standard InChI is InChI=1S/C21H26N2O3S2/c1-17-7-9-20(10-8-17)28(25,26)23-12-4-11-22(13-14-23)21(24)19-6-3-5-18(15-19)16-27-2/h3,5-10,15H,4,11-14,16H2,1-2H3. The molecule has 0 spiro atoms. The summed E-state index contributed by atoms with van der Waals surface area (Å²) in [6.45, 7) is 3.63. The summed E-state index contributed by atoms with van der Waals surface area (Å²) in [4.78, 5) is 15.0. The summed E-state index contributed by atoms with van der Waals surface area (Å²) >= 11 is 1.72. The van der Waals surface area contributed by atoms with Gasteiger partial charge < -0.3 is 4.90 Å². The summed E-state index contributed by atoms with van der Waals surface area (Å²) in [5.74, 6) is 0.835. The fraction of sp³-hybridized carbons (Fsp3) is 0.381. The Labute approximate surface area is 171 Å². The molecule has 0 N–H and O–H groups in total. The van der Waals surface area contributed by atoms with Crippen LogP contribution in [0.5, 0.6) is 0 Å². The molecule has 1 fully saturated rings. The van der Waals surface area contributed by atoms with Crippen LogP contribution in [0.4, 0.5) is 0 Å². The lowest BCUT2D eigenvalue weighted by atomic mass is 10.1. The van der Waals surface area contributed by atoms with Gasteiger partial charge in [0.15, 0.2) is 0 Å². The predicted octanol–water partition coefficient (Wildman–Crippen LogP) is 3.39. The molecule has 0 radical (unpaired) electrons. The highest BCUT2D eigenvalue weighted by atomic mass is 32.2. The van der Waals surface area contributed by atoms with Gasteiger partial charge in [0.25, 0.3) is 5.91 Å². The number of amides is 1. The molecule has 3 rings (SSSR count). The van der Waals surface area contributed by atoms with E-state index in [9.17, 15) is 13.2 Å². The van der Waals surface area contributed by atoms with E-state index in [1.54, 1.807) is 28.8 Å². The molecule has 1 amide bonds. The van der Waals surface area contributed by atoms with Gasteiger partial charge in [0, 0.05) is 37.5 Å². The lowest BCUT2D eigenvalue weighted by Crippen LogP contribution is -2.37. The number of nitrogens with zero attached hydrogens (tertiary/aromatic N) is 2. The third kappa shape index (κ3) is 4.77. The van der Waals surface area contributed by atoms with E-state index in [4.69, 9.17) is 0 Å². The third-order valence-corrected chi connectivity index (χ3v) is 7.42. The van der Waals surface area contributed by atoms with Crippen LogP contribution in [0.15, 0.2) is 53.4 Å². The molecule has 0 saturated carbocycles. The number of hydrogen-bond acceptors (Lipinski definition) is 4. The van der Waals surface area contributed by atoms with Gasteiger partial charge in [-0.25, -0.2) is 8.42 Å². The topological polar surface area (TPSA) is 57.7 Å². The Kier molecular flexibility index (Phi) is 6.80. The van der Waals surface area contributed by atoms with Crippen LogP contribution >= 0.6 is 11.8 Å². The fourth-order valence-corrected chi connectivity index (χ4v) is 5.32. The number of carbonyl (C=O) groups excluding carboxylic acids is 1. The molecule has 5 nitrogen and oxygen atoms in total. The van der Waals surface area contributed by atoms with Crippen molar-refractivity contribution in [2.75, 3.05) is 32.4 Å². The first-order chi connectivity index (χ1) is 13.4. The second-order valence-electron chi connectivity index (χ2n) is 7.00. The van der Waals surface area contributed by atoms with Gasteiger partial charge >= 0.3 is 0 Å². The van der Waals surface area contributed by atoms with Gasteiger partial charge in [-0.2, -0.15) is 16.1 Å². The Balaban J connectivity index is 1.71. The number of hydrogen-bond donors (Lipinski definition) is 0. The van der Waals surface area contributed by atoms with Crippen LogP contribution in [-0.4, -0.2) is 56.0 Å². The Hall–Kier alpha value is -1.83. The Morgan fingerprint density at radius 1 is 1.04 bits per heavy atom. The van der Waals surface area contributed by atoms with Crippen molar-refractivity contribution in [2.24, 2.45) is 0 Å². The Bertz CT molecular complexity index is 927. The Morgan fingerprint density at radius 2 is 1.79 bits per heavy atom. The molecule has 2 aromatic carbocycles. The first-order valence-corrected chi connectivity index (χ1v) is 12.2. The van der Waals surface area contributed by atoms with E-state index in [1.165, 1.54) is 4.31 Å². The van der Waals surface area contributed by atoms with Crippen LogP contribution in [0.2, 0.25) is 0 Å². The minimum atomic E-state index is -3.54. The molecule has 28 heavy (non-hydrogen) atoms.